The molecule has 3 aromatic rings. The predicted octanol–water partition coefficient (Wildman–Crippen LogP) is 5.18. The fourth-order valence-electron chi connectivity index (χ4n) is 4.19. The van der Waals surface area contributed by atoms with E-state index in [1.165, 1.54) is 15.6 Å². The Hall–Kier alpha value is -3.44. The van der Waals surface area contributed by atoms with Crippen molar-refractivity contribution in [3.05, 3.63) is 70.8 Å². The van der Waals surface area contributed by atoms with E-state index in [-0.39, 0.29) is 28.2 Å². The molecular weight excluding hydrogens is 559 g/mol. The monoisotopic (exact) mass is 590 g/mol. The molecule has 2 heterocycles. The SMILES string of the molecule is CC(C)(C)OC(=O)N[C@H]1CS(=O)(=O)c2cc(F)c(-n3cc(C(C)(C)C)cn3)cc2N(Cc2ccc(Cl)cc2)C1=O. The molecule has 1 N–H and O–H groups in total. The Kier molecular flexibility index (Phi) is 7.76. The van der Waals surface area contributed by atoms with Gasteiger partial charge in [0.1, 0.15) is 23.1 Å². The molecule has 1 aliphatic heterocycles. The Labute approximate surface area is 238 Å². The van der Waals surface area contributed by atoms with Gasteiger partial charge in [-0.05, 0) is 61.6 Å². The number of anilines is 1. The summed E-state index contributed by atoms with van der Waals surface area (Å²) in [6.45, 7) is 10.8. The summed E-state index contributed by atoms with van der Waals surface area (Å²) in [5.74, 6) is -2.30. The highest BCUT2D eigenvalue weighted by Gasteiger charge is 2.40. The fourth-order valence-corrected chi connectivity index (χ4v) is 5.93. The number of sulfone groups is 1. The normalized spacial score (nSPS) is 17.2. The number of nitrogens with one attached hydrogen (secondary N) is 1. The Morgan fingerprint density at radius 3 is 2.35 bits per heavy atom. The van der Waals surface area contributed by atoms with Gasteiger partial charge in [-0.15, -0.1) is 0 Å². The number of nitrogens with zero attached hydrogens (tertiary/aromatic N) is 3. The molecule has 12 heteroatoms. The van der Waals surface area contributed by atoms with Crippen LogP contribution in [0.5, 0.6) is 0 Å². The molecule has 2 aromatic carbocycles. The number of carbonyl (C=O) groups excluding carboxylic acids is 2. The molecule has 1 atom stereocenters. The molecule has 4 rings (SSSR count). The molecule has 1 aliphatic rings. The highest BCUT2D eigenvalue weighted by Crippen LogP contribution is 2.36. The van der Waals surface area contributed by atoms with Gasteiger partial charge in [-0.3, -0.25) is 4.79 Å². The standard InChI is InChI=1S/C28H32ClFN4O5S/c1-27(2,3)18-13-31-34(15-18)22-12-23-24(11-20(22)30)40(37,38)16-21(32-26(36)39-28(4,5)6)25(35)33(23)14-17-7-9-19(29)10-8-17/h7-13,15,21H,14,16H2,1-6H3,(H,32,36)/t21-/m0/s1. The van der Waals surface area contributed by atoms with Gasteiger partial charge in [-0.2, -0.15) is 5.10 Å². The topological polar surface area (TPSA) is 111 Å². The van der Waals surface area contributed by atoms with Gasteiger partial charge >= 0.3 is 6.09 Å². The van der Waals surface area contributed by atoms with Crippen LogP contribution in [0.15, 0.2) is 53.7 Å². The van der Waals surface area contributed by atoms with Crippen molar-refractivity contribution in [2.75, 3.05) is 10.7 Å². The summed E-state index contributed by atoms with van der Waals surface area (Å²) in [7, 11) is -4.24. The third-order valence-corrected chi connectivity index (χ3v) is 8.27. The van der Waals surface area contributed by atoms with E-state index in [0.29, 0.717) is 10.6 Å². The molecule has 0 spiro atoms. The van der Waals surface area contributed by atoms with Crippen LogP contribution in [0, 0.1) is 5.82 Å². The molecular formula is C28H32ClFN4O5S. The molecule has 9 nitrogen and oxygen atoms in total. The van der Waals surface area contributed by atoms with Crippen LogP contribution in [0.4, 0.5) is 14.9 Å². The first-order chi connectivity index (χ1) is 18.4. The van der Waals surface area contributed by atoms with Crippen molar-refractivity contribution in [1.29, 1.82) is 0 Å². The molecule has 1 aromatic heterocycles. The number of halogens is 2. The van der Waals surface area contributed by atoms with Crippen LogP contribution in [-0.4, -0.2) is 47.6 Å². The van der Waals surface area contributed by atoms with Crippen LogP contribution in [0.3, 0.4) is 0 Å². The summed E-state index contributed by atoms with van der Waals surface area (Å²) in [5, 5.41) is 7.16. The number of ether oxygens (including phenoxy) is 1. The van der Waals surface area contributed by atoms with Crippen molar-refractivity contribution < 1.29 is 27.1 Å². The van der Waals surface area contributed by atoms with Gasteiger partial charge in [-0.1, -0.05) is 44.5 Å². The maximum Gasteiger partial charge on any atom is 0.408 e. The van der Waals surface area contributed by atoms with Crippen LogP contribution < -0.4 is 10.2 Å². The number of aromatic nitrogens is 2. The van der Waals surface area contributed by atoms with Gasteiger partial charge in [0.2, 0.25) is 0 Å². The summed E-state index contributed by atoms with van der Waals surface area (Å²) in [6, 6.07) is 7.38. The maximum absolute atomic E-state index is 15.5. The third kappa shape index (κ3) is 6.47. The summed E-state index contributed by atoms with van der Waals surface area (Å²) in [4.78, 5) is 27.3. The zero-order valence-corrected chi connectivity index (χ0v) is 24.7. The number of amides is 2. The summed E-state index contributed by atoms with van der Waals surface area (Å²) >= 11 is 6.03. The second-order valence-electron chi connectivity index (χ2n) is 11.7. The Bertz CT molecular complexity index is 1560. The van der Waals surface area contributed by atoms with Gasteiger partial charge in [-0.25, -0.2) is 22.3 Å². The van der Waals surface area contributed by atoms with E-state index < -0.39 is 45.1 Å². The second kappa shape index (κ2) is 10.5. The molecule has 214 valence electrons. The lowest BCUT2D eigenvalue weighted by atomic mass is 9.90. The number of rotatable bonds is 4. The molecule has 2 amide bonds. The van der Waals surface area contributed by atoms with E-state index in [2.05, 4.69) is 10.4 Å². The van der Waals surface area contributed by atoms with E-state index in [1.54, 1.807) is 57.4 Å². The first kappa shape index (κ1) is 29.5. The summed E-state index contributed by atoms with van der Waals surface area (Å²) < 4.78 is 49.1. The average Bonchev–Trinajstić information content (AvgIpc) is 3.30. The first-order valence-electron chi connectivity index (χ1n) is 12.6. The van der Waals surface area contributed by atoms with Crippen LogP contribution in [-0.2, 0) is 31.3 Å². The van der Waals surface area contributed by atoms with E-state index in [1.807, 2.05) is 20.8 Å². The highest BCUT2D eigenvalue weighted by atomic mass is 35.5. The number of alkyl carbamates (subject to hydrolysis) is 1. The van der Waals surface area contributed by atoms with Gasteiger partial charge in [0.25, 0.3) is 5.91 Å². The maximum atomic E-state index is 15.5. The fraction of sp³-hybridized carbons (Fsp3) is 0.393. The lowest BCUT2D eigenvalue weighted by Crippen LogP contribution is -2.51. The molecule has 0 saturated carbocycles. The van der Waals surface area contributed by atoms with E-state index in [4.69, 9.17) is 16.3 Å². The highest BCUT2D eigenvalue weighted by molar-refractivity contribution is 7.91. The molecule has 0 saturated heterocycles. The second-order valence-corrected chi connectivity index (χ2v) is 14.2. The minimum atomic E-state index is -4.24. The average molecular weight is 591 g/mol. The zero-order valence-electron chi connectivity index (χ0n) is 23.2. The molecule has 0 unspecified atom stereocenters. The van der Waals surface area contributed by atoms with Gasteiger partial charge in [0, 0.05) is 11.2 Å². The van der Waals surface area contributed by atoms with Crippen LogP contribution in [0.2, 0.25) is 5.02 Å². The van der Waals surface area contributed by atoms with E-state index in [9.17, 15) is 18.0 Å². The number of hydrogen-bond acceptors (Lipinski definition) is 6. The quantitative estimate of drug-likeness (QED) is 0.448. The number of carbonyl (C=O) groups is 2. The molecule has 0 aliphatic carbocycles. The molecule has 0 fully saturated rings. The van der Waals surface area contributed by atoms with Gasteiger partial charge in [0.15, 0.2) is 9.84 Å². The van der Waals surface area contributed by atoms with Crippen LogP contribution in [0.1, 0.15) is 52.7 Å². The Morgan fingerprint density at radius 2 is 1.77 bits per heavy atom. The number of fused-ring (bicyclic) bond motifs is 1. The number of hydrogen-bond donors (Lipinski definition) is 1. The third-order valence-electron chi connectivity index (χ3n) is 6.24. The van der Waals surface area contributed by atoms with Crippen molar-refractivity contribution in [2.45, 2.75) is 70.0 Å². The van der Waals surface area contributed by atoms with Crippen molar-refractivity contribution in [2.24, 2.45) is 0 Å². The van der Waals surface area contributed by atoms with E-state index >= 15 is 4.39 Å². The summed E-state index contributed by atoms with van der Waals surface area (Å²) in [5.41, 5.74) is 0.274. The number of benzene rings is 2. The smallest absolute Gasteiger partial charge is 0.408 e. The molecule has 0 bridgehead atoms. The molecule has 0 radical (unpaired) electrons. The van der Waals surface area contributed by atoms with Crippen molar-refractivity contribution in [1.82, 2.24) is 15.1 Å². The predicted molar refractivity (Wildman–Crippen MR) is 150 cm³/mol. The minimum absolute atomic E-state index is 0.0300. The van der Waals surface area contributed by atoms with Crippen molar-refractivity contribution in [3.63, 3.8) is 0 Å². The Morgan fingerprint density at radius 1 is 1.12 bits per heavy atom. The first-order valence-corrected chi connectivity index (χ1v) is 14.6. The van der Waals surface area contributed by atoms with Crippen LogP contribution in [0.25, 0.3) is 5.69 Å². The van der Waals surface area contributed by atoms with E-state index in [0.717, 1.165) is 11.6 Å². The van der Waals surface area contributed by atoms with Crippen molar-refractivity contribution >= 4 is 39.1 Å². The van der Waals surface area contributed by atoms with Crippen molar-refractivity contribution in [3.8, 4) is 5.69 Å². The largest absolute Gasteiger partial charge is 0.444 e. The Balaban J connectivity index is 1.85. The lowest BCUT2D eigenvalue weighted by Gasteiger charge is -2.27. The van der Waals surface area contributed by atoms with Crippen LogP contribution >= 0.6 is 11.6 Å². The summed E-state index contributed by atoms with van der Waals surface area (Å²) in [6.07, 6.45) is 2.32. The van der Waals surface area contributed by atoms with Gasteiger partial charge < -0.3 is 15.0 Å². The zero-order chi connectivity index (χ0) is 29.6. The minimum Gasteiger partial charge on any atom is -0.444 e. The lowest BCUT2D eigenvalue weighted by molar-refractivity contribution is -0.120. The van der Waals surface area contributed by atoms with Gasteiger partial charge in [0.05, 0.1) is 29.1 Å². The molecule has 40 heavy (non-hydrogen) atoms.